The first kappa shape index (κ1) is 14.8. The van der Waals surface area contributed by atoms with E-state index in [1.807, 2.05) is 25.1 Å². The highest BCUT2D eigenvalue weighted by Crippen LogP contribution is 2.34. The maximum absolute atomic E-state index is 10.8. The highest BCUT2D eigenvalue weighted by Gasteiger charge is 2.12. The Morgan fingerprint density at radius 2 is 2.00 bits per heavy atom. The summed E-state index contributed by atoms with van der Waals surface area (Å²) in [5, 5.41) is 11.9. The fraction of sp³-hybridized carbons (Fsp3) is 0.143. The molecule has 2 aromatic carbocycles. The van der Waals surface area contributed by atoms with Gasteiger partial charge >= 0.3 is 0 Å². The third-order valence-corrected chi connectivity index (χ3v) is 3.70. The number of hydrogen-bond donors (Lipinski definition) is 0. The number of nitrogens with zero attached hydrogens (tertiary/aromatic N) is 1. The number of ether oxygens (including phenoxy) is 1. The predicted octanol–water partition coefficient (Wildman–Crippen LogP) is 5.24. The first-order valence-electron chi connectivity index (χ1n) is 5.78. The molecule has 0 saturated heterocycles. The first-order chi connectivity index (χ1) is 9.51. The van der Waals surface area contributed by atoms with Crippen LogP contribution in [0.2, 0.25) is 5.02 Å². The normalized spacial score (nSPS) is 10.3. The summed E-state index contributed by atoms with van der Waals surface area (Å²) in [4.78, 5) is 10.3. The maximum atomic E-state index is 10.8. The van der Waals surface area contributed by atoms with Gasteiger partial charge in [-0.05, 0) is 30.2 Å². The molecule has 0 spiro atoms. The van der Waals surface area contributed by atoms with Crippen molar-refractivity contribution >= 4 is 33.2 Å². The average Bonchev–Trinajstić information content (AvgIpc) is 2.42. The maximum Gasteiger partial charge on any atom is 0.273 e. The van der Waals surface area contributed by atoms with Gasteiger partial charge in [-0.15, -0.1) is 0 Å². The molecule has 0 unspecified atom stereocenters. The standard InChI is InChI=1S/C14H11BrClNO3/c1-9-6-10(8-15)2-5-13(9)20-14-7-11(17(18)19)3-4-12(14)16/h2-7H,8H2,1H3. The molecule has 4 nitrogen and oxygen atoms in total. The summed E-state index contributed by atoms with van der Waals surface area (Å²) < 4.78 is 5.68. The van der Waals surface area contributed by atoms with Gasteiger partial charge in [0.25, 0.3) is 5.69 Å². The minimum atomic E-state index is -0.482. The fourth-order valence-electron chi connectivity index (χ4n) is 1.71. The van der Waals surface area contributed by atoms with Gasteiger partial charge < -0.3 is 4.74 Å². The Bertz CT molecular complexity index is 661. The van der Waals surface area contributed by atoms with Crippen LogP contribution in [0.4, 0.5) is 5.69 Å². The van der Waals surface area contributed by atoms with Crippen molar-refractivity contribution in [2.45, 2.75) is 12.3 Å². The minimum absolute atomic E-state index is 0.0564. The molecule has 0 bridgehead atoms. The monoisotopic (exact) mass is 355 g/mol. The largest absolute Gasteiger partial charge is 0.455 e. The van der Waals surface area contributed by atoms with E-state index >= 15 is 0 Å². The first-order valence-corrected chi connectivity index (χ1v) is 7.28. The molecule has 0 atom stereocenters. The SMILES string of the molecule is Cc1cc(CBr)ccc1Oc1cc([N+](=O)[O-])ccc1Cl. The van der Waals surface area contributed by atoms with Crippen LogP contribution in [0.5, 0.6) is 11.5 Å². The van der Waals surface area contributed by atoms with Crippen LogP contribution in [0, 0.1) is 17.0 Å². The molecule has 0 radical (unpaired) electrons. The Labute approximate surface area is 129 Å². The molecule has 0 amide bonds. The van der Waals surface area contributed by atoms with Crippen LogP contribution in [0.15, 0.2) is 36.4 Å². The van der Waals surface area contributed by atoms with Crippen LogP contribution < -0.4 is 4.74 Å². The van der Waals surface area contributed by atoms with Crippen LogP contribution >= 0.6 is 27.5 Å². The highest BCUT2D eigenvalue weighted by atomic mass is 79.9. The van der Waals surface area contributed by atoms with E-state index in [-0.39, 0.29) is 11.4 Å². The van der Waals surface area contributed by atoms with Gasteiger partial charge in [-0.2, -0.15) is 0 Å². The number of nitro groups is 1. The highest BCUT2D eigenvalue weighted by molar-refractivity contribution is 9.08. The fourth-order valence-corrected chi connectivity index (χ4v) is 2.22. The van der Waals surface area contributed by atoms with Gasteiger partial charge in [0.15, 0.2) is 5.75 Å². The molecule has 0 heterocycles. The molecule has 0 aliphatic carbocycles. The second-order valence-electron chi connectivity index (χ2n) is 4.21. The van der Waals surface area contributed by atoms with Crippen molar-refractivity contribution in [3.05, 3.63) is 62.7 Å². The molecule has 0 aliphatic heterocycles. The molecule has 20 heavy (non-hydrogen) atoms. The Balaban J connectivity index is 2.34. The summed E-state index contributed by atoms with van der Waals surface area (Å²) in [6.45, 7) is 1.91. The third-order valence-electron chi connectivity index (χ3n) is 2.74. The second-order valence-corrected chi connectivity index (χ2v) is 5.18. The van der Waals surface area contributed by atoms with Crippen LogP contribution in [-0.2, 0) is 5.33 Å². The van der Waals surface area contributed by atoms with E-state index in [1.54, 1.807) is 0 Å². The van der Waals surface area contributed by atoms with Gasteiger partial charge in [0.05, 0.1) is 16.0 Å². The van der Waals surface area contributed by atoms with Gasteiger partial charge in [0.1, 0.15) is 5.75 Å². The van der Waals surface area contributed by atoms with E-state index in [9.17, 15) is 10.1 Å². The van der Waals surface area contributed by atoms with Crippen molar-refractivity contribution in [2.75, 3.05) is 0 Å². The van der Waals surface area contributed by atoms with E-state index < -0.39 is 4.92 Å². The lowest BCUT2D eigenvalue weighted by Gasteiger charge is -2.10. The zero-order valence-electron chi connectivity index (χ0n) is 10.6. The molecule has 0 saturated carbocycles. The van der Waals surface area contributed by atoms with E-state index in [2.05, 4.69) is 15.9 Å². The Morgan fingerprint density at radius 1 is 1.25 bits per heavy atom. The second kappa shape index (κ2) is 6.24. The van der Waals surface area contributed by atoms with Gasteiger partial charge in [-0.25, -0.2) is 0 Å². The van der Waals surface area contributed by atoms with Crippen molar-refractivity contribution in [3.63, 3.8) is 0 Å². The van der Waals surface area contributed by atoms with Gasteiger partial charge in [0.2, 0.25) is 0 Å². The van der Waals surface area contributed by atoms with Crippen molar-refractivity contribution in [2.24, 2.45) is 0 Å². The lowest BCUT2D eigenvalue weighted by Crippen LogP contribution is -1.92. The number of alkyl halides is 1. The molecule has 0 aliphatic rings. The van der Waals surface area contributed by atoms with Crippen molar-refractivity contribution in [1.82, 2.24) is 0 Å². The molecule has 104 valence electrons. The van der Waals surface area contributed by atoms with E-state index in [1.165, 1.54) is 18.2 Å². The summed E-state index contributed by atoms with van der Waals surface area (Å²) >= 11 is 9.39. The molecule has 0 aromatic heterocycles. The minimum Gasteiger partial charge on any atom is -0.455 e. The summed E-state index contributed by atoms with van der Waals surface area (Å²) in [7, 11) is 0. The molecule has 2 rings (SSSR count). The quantitative estimate of drug-likeness (QED) is 0.427. The van der Waals surface area contributed by atoms with Crippen LogP contribution in [0.3, 0.4) is 0 Å². The Kier molecular flexibility index (Phi) is 4.62. The Hall–Kier alpha value is -1.59. The number of aryl methyl sites for hydroxylation is 1. The number of halogens is 2. The number of rotatable bonds is 4. The summed E-state index contributed by atoms with van der Waals surface area (Å²) in [5.74, 6) is 0.896. The van der Waals surface area contributed by atoms with E-state index in [4.69, 9.17) is 16.3 Å². The van der Waals surface area contributed by atoms with Crippen molar-refractivity contribution < 1.29 is 9.66 Å². The summed E-state index contributed by atoms with van der Waals surface area (Å²) in [6.07, 6.45) is 0. The van der Waals surface area contributed by atoms with Crippen molar-refractivity contribution in [1.29, 1.82) is 0 Å². The van der Waals surface area contributed by atoms with Crippen LogP contribution in [-0.4, -0.2) is 4.92 Å². The van der Waals surface area contributed by atoms with E-state index in [0.29, 0.717) is 10.8 Å². The predicted molar refractivity (Wildman–Crippen MR) is 82.0 cm³/mol. The number of benzene rings is 2. The topological polar surface area (TPSA) is 52.4 Å². The van der Waals surface area contributed by atoms with Gasteiger partial charge in [-0.3, -0.25) is 10.1 Å². The number of hydrogen-bond acceptors (Lipinski definition) is 3. The van der Waals surface area contributed by atoms with Gasteiger partial charge in [0, 0.05) is 11.4 Å². The van der Waals surface area contributed by atoms with Gasteiger partial charge in [-0.1, -0.05) is 39.7 Å². The average molecular weight is 357 g/mol. The molecular weight excluding hydrogens is 346 g/mol. The zero-order chi connectivity index (χ0) is 14.7. The van der Waals surface area contributed by atoms with E-state index in [0.717, 1.165) is 16.5 Å². The summed E-state index contributed by atoms with van der Waals surface area (Å²) in [6, 6.07) is 9.84. The van der Waals surface area contributed by atoms with Crippen LogP contribution in [0.1, 0.15) is 11.1 Å². The third kappa shape index (κ3) is 3.29. The van der Waals surface area contributed by atoms with Crippen molar-refractivity contribution in [3.8, 4) is 11.5 Å². The molecule has 0 N–H and O–H groups in total. The Morgan fingerprint density at radius 3 is 2.60 bits per heavy atom. The summed E-state index contributed by atoms with van der Waals surface area (Å²) in [5.41, 5.74) is 2.00. The lowest BCUT2D eigenvalue weighted by molar-refractivity contribution is -0.384. The molecule has 6 heteroatoms. The molecule has 0 fully saturated rings. The number of non-ortho nitro benzene ring substituents is 1. The lowest BCUT2D eigenvalue weighted by atomic mass is 10.1. The number of nitro benzene ring substituents is 1. The van der Waals surface area contributed by atoms with Crippen LogP contribution in [0.25, 0.3) is 0 Å². The zero-order valence-corrected chi connectivity index (χ0v) is 12.9. The molecular formula is C14H11BrClNO3. The molecule has 2 aromatic rings. The smallest absolute Gasteiger partial charge is 0.273 e.